The van der Waals surface area contributed by atoms with Gasteiger partial charge in [-0.25, -0.2) is 4.57 Å². The molecule has 2 atom stereocenters. The molecule has 0 amide bonds. The first kappa shape index (κ1) is 63.0. The van der Waals surface area contributed by atoms with Crippen molar-refractivity contribution in [2.75, 3.05) is 47.5 Å². The van der Waals surface area contributed by atoms with E-state index in [0.717, 1.165) is 83.5 Å². The van der Waals surface area contributed by atoms with Crippen LogP contribution in [0.5, 0.6) is 0 Å². The Hall–Kier alpha value is -2.03. The number of ether oxygens (including phenoxy) is 2. The van der Waals surface area contributed by atoms with Crippen LogP contribution in [-0.4, -0.2) is 74.9 Å². The van der Waals surface area contributed by atoms with Gasteiger partial charge >= 0.3 is 19.8 Å². The van der Waals surface area contributed by atoms with Gasteiger partial charge in [0.05, 0.1) is 27.7 Å². The van der Waals surface area contributed by atoms with Crippen LogP contribution in [0, 0.1) is 0 Å². The van der Waals surface area contributed by atoms with Crippen LogP contribution in [0.15, 0.2) is 48.6 Å². The first-order valence-corrected chi connectivity index (χ1v) is 28.4. The molecule has 0 aliphatic heterocycles. The van der Waals surface area contributed by atoms with Gasteiger partial charge in [0.25, 0.3) is 0 Å². The molecule has 0 saturated carbocycles. The van der Waals surface area contributed by atoms with E-state index in [-0.39, 0.29) is 32.0 Å². The highest BCUT2D eigenvalue weighted by atomic mass is 31.2. The number of likely N-dealkylation sites (N-methyl/N-ethyl adjacent to an activating group) is 1. The second kappa shape index (κ2) is 47.1. The van der Waals surface area contributed by atoms with E-state index in [9.17, 15) is 19.0 Å². The number of unbranched alkanes of at least 4 members (excludes halogenated alkanes) is 27. The molecule has 9 nitrogen and oxygen atoms in total. The summed E-state index contributed by atoms with van der Waals surface area (Å²) in [6.45, 7) is 4.33. The maximum absolute atomic E-state index is 12.8. The molecule has 10 heteroatoms. The first-order valence-electron chi connectivity index (χ1n) is 26.9. The number of carbonyl (C=O) groups is 2. The lowest BCUT2D eigenvalue weighted by Crippen LogP contribution is -2.37. The van der Waals surface area contributed by atoms with Crippen LogP contribution in [0.3, 0.4) is 0 Å². The molecule has 0 aliphatic carbocycles. The minimum Gasteiger partial charge on any atom is -0.462 e. The summed E-state index contributed by atoms with van der Waals surface area (Å²) in [6.07, 6.45) is 57.4. The van der Waals surface area contributed by atoms with Crippen molar-refractivity contribution in [3.05, 3.63) is 48.6 Å². The molecule has 380 valence electrons. The molecular weight excluding hydrogens is 834 g/mol. The number of rotatable bonds is 49. The quantitative estimate of drug-likeness (QED) is 0.0211. The minimum absolute atomic E-state index is 0.0285. The van der Waals surface area contributed by atoms with Crippen LogP contribution in [0.25, 0.3) is 0 Å². The van der Waals surface area contributed by atoms with E-state index < -0.39 is 26.5 Å². The van der Waals surface area contributed by atoms with Crippen LogP contribution in [0.2, 0.25) is 0 Å². The van der Waals surface area contributed by atoms with Crippen LogP contribution in [0.1, 0.15) is 239 Å². The molecule has 0 radical (unpaired) electrons. The highest BCUT2D eigenvalue weighted by molar-refractivity contribution is 7.47. The number of hydrogen-bond donors (Lipinski definition) is 1. The summed E-state index contributed by atoms with van der Waals surface area (Å²) in [5.41, 5.74) is 0. The molecule has 0 aromatic rings. The fraction of sp³-hybridized carbons (Fsp3) is 0.818. The van der Waals surface area contributed by atoms with E-state index in [1.54, 1.807) is 0 Å². The molecule has 0 fully saturated rings. The van der Waals surface area contributed by atoms with Crippen molar-refractivity contribution in [1.82, 2.24) is 0 Å². The standard InChI is InChI=1S/C55H102NO8P/c1-6-8-10-12-14-16-18-20-22-24-26-27-28-30-31-33-35-37-39-41-43-45-47-54(57)61-51-53(52-63-65(59,60)62-50-49-56(3,4)5)64-55(58)48-46-44-42-40-38-36-34-32-29-25-23-21-19-17-15-13-11-9-7-2/h9,11,15,17,21,23,29,32,53H,6-8,10,12-14,16,18-20,22,24-28,30-31,33-52H2,1-5H3/p+1/b11-9-,17-15-,23-21-,32-29-. The van der Waals surface area contributed by atoms with Gasteiger partial charge in [0.2, 0.25) is 0 Å². The molecule has 1 N–H and O–H groups in total. The number of esters is 2. The Labute approximate surface area is 401 Å². The predicted octanol–water partition coefficient (Wildman–Crippen LogP) is 16.2. The molecule has 65 heavy (non-hydrogen) atoms. The third-order valence-electron chi connectivity index (χ3n) is 11.6. The van der Waals surface area contributed by atoms with Crippen LogP contribution in [-0.2, 0) is 32.7 Å². The highest BCUT2D eigenvalue weighted by Gasteiger charge is 2.27. The van der Waals surface area contributed by atoms with Crippen molar-refractivity contribution in [3.8, 4) is 0 Å². The van der Waals surface area contributed by atoms with E-state index in [0.29, 0.717) is 17.4 Å². The van der Waals surface area contributed by atoms with Crippen molar-refractivity contribution in [2.24, 2.45) is 0 Å². The number of carbonyl (C=O) groups excluding carboxylic acids is 2. The van der Waals surface area contributed by atoms with Gasteiger partial charge in [-0.3, -0.25) is 18.6 Å². The molecule has 0 aromatic heterocycles. The van der Waals surface area contributed by atoms with Crippen molar-refractivity contribution < 1.29 is 42.1 Å². The van der Waals surface area contributed by atoms with Crippen LogP contribution >= 0.6 is 7.82 Å². The predicted molar refractivity (Wildman–Crippen MR) is 275 cm³/mol. The largest absolute Gasteiger partial charge is 0.472 e. The minimum atomic E-state index is -4.39. The molecule has 0 bridgehead atoms. The summed E-state index contributed by atoms with van der Waals surface area (Å²) in [5, 5.41) is 0. The zero-order chi connectivity index (χ0) is 47.8. The lowest BCUT2D eigenvalue weighted by Gasteiger charge is -2.24. The van der Waals surface area contributed by atoms with Gasteiger partial charge < -0.3 is 18.9 Å². The van der Waals surface area contributed by atoms with Gasteiger partial charge in [-0.15, -0.1) is 0 Å². The van der Waals surface area contributed by atoms with E-state index >= 15 is 0 Å². The SMILES string of the molecule is CC/C=C\C/C=C\C/C=C\C/C=C\CCCCCCCCC(=O)OC(COC(=O)CCCCCCCCCCCCCCCCCCCCCCCC)COP(=O)(O)OCC[N+](C)(C)C. The van der Waals surface area contributed by atoms with Crippen molar-refractivity contribution in [2.45, 2.75) is 245 Å². The number of hydrogen-bond acceptors (Lipinski definition) is 7. The lowest BCUT2D eigenvalue weighted by atomic mass is 10.0. The Morgan fingerprint density at radius 2 is 0.877 bits per heavy atom. The summed E-state index contributed by atoms with van der Waals surface area (Å²) in [5.74, 6) is -0.806. The van der Waals surface area contributed by atoms with E-state index in [1.165, 1.54) is 122 Å². The molecule has 0 rings (SSSR count). The molecule has 0 aliphatic rings. The van der Waals surface area contributed by atoms with Gasteiger partial charge in [0.15, 0.2) is 6.10 Å². The molecule has 0 aromatic carbocycles. The number of quaternary nitrogens is 1. The van der Waals surface area contributed by atoms with Gasteiger partial charge in [0, 0.05) is 12.8 Å². The maximum Gasteiger partial charge on any atom is 0.472 e. The summed E-state index contributed by atoms with van der Waals surface area (Å²) < 4.78 is 34.5. The number of phosphoric acid groups is 1. The average Bonchev–Trinajstić information content (AvgIpc) is 3.26. The molecule has 0 spiro atoms. The Morgan fingerprint density at radius 1 is 0.492 bits per heavy atom. The van der Waals surface area contributed by atoms with E-state index in [1.807, 2.05) is 21.1 Å². The Morgan fingerprint density at radius 3 is 1.31 bits per heavy atom. The zero-order valence-electron chi connectivity index (χ0n) is 43.0. The Balaban J connectivity index is 4.21. The summed E-state index contributed by atoms with van der Waals surface area (Å²) >= 11 is 0. The van der Waals surface area contributed by atoms with E-state index in [2.05, 4.69) is 62.5 Å². The normalized spacial score (nSPS) is 13.8. The fourth-order valence-electron chi connectivity index (χ4n) is 7.48. The van der Waals surface area contributed by atoms with Crippen molar-refractivity contribution >= 4 is 19.8 Å². The maximum atomic E-state index is 12.8. The van der Waals surface area contributed by atoms with Gasteiger partial charge in [-0.05, 0) is 51.4 Å². The summed E-state index contributed by atoms with van der Waals surface area (Å²) in [4.78, 5) is 35.6. The molecular formula is C55H103NO8P+. The molecule has 0 heterocycles. The van der Waals surface area contributed by atoms with Gasteiger partial charge in [-0.1, -0.05) is 223 Å². The average molecular weight is 937 g/mol. The fourth-order valence-corrected chi connectivity index (χ4v) is 8.22. The smallest absolute Gasteiger partial charge is 0.462 e. The second-order valence-electron chi connectivity index (χ2n) is 19.2. The highest BCUT2D eigenvalue weighted by Crippen LogP contribution is 2.43. The van der Waals surface area contributed by atoms with Gasteiger partial charge in [0.1, 0.15) is 19.8 Å². The monoisotopic (exact) mass is 937 g/mol. The van der Waals surface area contributed by atoms with Gasteiger partial charge in [-0.2, -0.15) is 0 Å². The zero-order valence-corrected chi connectivity index (χ0v) is 43.9. The number of phosphoric ester groups is 1. The van der Waals surface area contributed by atoms with Crippen LogP contribution < -0.4 is 0 Å². The second-order valence-corrected chi connectivity index (χ2v) is 20.7. The van der Waals surface area contributed by atoms with Crippen molar-refractivity contribution in [3.63, 3.8) is 0 Å². The summed E-state index contributed by atoms with van der Waals surface area (Å²) in [6, 6.07) is 0. The molecule has 2 unspecified atom stereocenters. The van der Waals surface area contributed by atoms with Crippen LogP contribution in [0.4, 0.5) is 0 Å². The topological polar surface area (TPSA) is 108 Å². The number of nitrogens with zero attached hydrogens (tertiary/aromatic N) is 1. The molecule has 0 saturated heterocycles. The number of allylic oxidation sites excluding steroid dienone is 8. The third kappa shape index (κ3) is 51.2. The van der Waals surface area contributed by atoms with E-state index in [4.69, 9.17) is 18.5 Å². The Kier molecular flexibility index (Phi) is 45.6. The first-order chi connectivity index (χ1) is 31.5. The summed E-state index contributed by atoms with van der Waals surface area (Å²) in [7, 11) is 1.47. The van der Waals surface area contributed by atoms with Crippen molar-refractivity contribution in [1.29, 1.82) is 0 Å². The lowest BCUT2D eigenvalue weighted by molar-refractivity contribution is -0.870. The Bertz CT molecular complexity index is 1240. The third-order valence-corrected chi connectivity index (χ3v) is 12.6.